The molecule has 3 nitrogen and oxygen atoms in total. The highest BCUT2D eigenvalue weighted by atomic mass is 32.2. The number of rotatable bonds is 3. The second-order valence-corrected chi connectivity index (χ2v) is 4.97. The Balaban J connectivity index is 1.80. The van der Waals surface area contributed by atoms with E-state index in [9.17, 15) is 0 Å². The van der Waals surface area contributed by atoms with Crippen LogP contribution in [-0.4, -0.2) is 22.9 Å². The Morgan fingerprint density at radius 3 is 3.00 bits per heavy atom. The Morgan fingerprint density at radius 1 is 1.53 bits per heavy atom. The summed E-state index contributed by atoms with van der Waals surface area (Å²) in [4.78, 5) is 5.22. The van der Waals surface area contributed by atoms with Crippen LogP contribution in [0.3, 0.4) is 0 Å². The summed E-state index contributed by atoms with van der Waals surface area (Å²) in [6.07, 6.45) is 5.02. The van der Waals surface area contributed by atoms with Gasteiger partial charge in [-0.05, 0) is 31.9 Å². The van der Waals surface area contributed by atoms with Gasteiger partial charge in [0, 0.05) is 16.8 Å². The highest BCUT2D eigenvalue weighted by Crippen LogP contribution is 2.26. The van der Waals surface area contributed by atoms with Crippen molar-refractivity contribution < 1.29 is 4.74 Å². The molecule has 0 aliphatic carbocycles. The van der Waals surface area contributed by atoms with Gasteiger partial charge >= 0.3 is 0 Å². The van der Waals surface area contributed by atoms with Gasteiger partial charge < -0.3 is 10.5 Å². The molecule has 0 bridgehead atoms. The molecule has 0 aromatic carbocycles. The minimum atomic E-state index is 0.405. The van der Waals surface area contributed by atoms with Gasteiger partial charge in [-0.1, -0.05) is 0 Å². The SMILES string of the molecule is CC1CCC(CSc2ccc(N)nc2)O1. The lowest BCUT2D eigenvalue weighted by Gasteiger charge is -2.10. The topological polar surface area (TPSA) is 48.1 Å². The molecule has 1 aliphatic rings. The summed E-state index contributed by atoms with van der Waals surface area (Å²) in [5.41, 5.74) is 5.52. The van der Waals surface area contributed by atoms with Crippen molar-refractivity contribution in [1.29, 1.82) is 0 Å². The van der Waals surface area contributed by atoms with Gasteiger partial charge in [0.1, 0.15) is 5.82 Å². The number of nitrogens with two attached hydrogens (primary N) is 1. The van der Waals surface area contributed by atoms with Crippen molar-refractivity contribution in [2.75, 3.05) is 11.5 Å². The lowest BCUT2D eigenvalue weighted by molar-refractivity contribution is 0.0700. The lowest BCUT2D eigenvalue weighted by Crippen LogP contribution is -2.10. The van der Waals surface area contributed by atoms with Crippen molar-refractivity contribution in [1.82, 2.24) is 4.98 Å². The molecule has 1 aromatic rings. The highest BCUT2D eigenvalue weighted by Gasteiger charge is 2.21. The van der Waals surface area contributed by atoms with Crippen LogP contribution in [0.1, 0.15) is 19.8 Å². The summed E-state index contributed by atoms with van der Waals surface area (Å²) in [7, 11) is 0. The molecule has 1 aliphatic heterocycles. The second-order valence-electron chi connectivity index (χ2n) is 3.88. The maximum atomic E-state index is 5.74. The van der Waals surface area contributed by atoms with Crippen molar-refractivity contribution in [2.24, 2.45) is 0 Å². The predicted octanol–water partition coefficient (Wildman–Crippen LogP) is 2.32. The zero-order valence-electron chi connectivity index (χ0n) is 8.85. The van der Waals surface area contributed by atoms with E-state index in [-0.39, 0.29) is 0 Å². The van der Waals surface area contributed by atoms with E-state index < -0.39 is 0 Å². The summed E-state index contributed by atoms with van der Waals surface area (Å²) >= 11 is 1.79. The molecule has 2 heterocycles. The molecule has 0 amide bonds. The van der Waals surface area contributed by atoms with Gasteiger partial charge in [-0.3, -0.25) is 0 Å². The quantitative estimate of drug-likeness (QED) is 0.800. The van der Waals surface area contributed by atoms with E-state index >= 15 is 0 Å². The van der Waals surface area contributed by atoms with E-state index in [0.29, 0.717) is 18.0 Å². The molecule has 1 fully saturated rings. The average Bonchev–Trinajstić information content (AvgIpc) is 2.64. The fourth-order valence-corrected chi connectivity index (χ4v) is 2.59. The van der Waals surface area contributed by atoms with Crippen LogP contribution >= 0.6 is 11.8 Å². The molecule has 2 N–H and O–H groups in total. The summed E-state index contributed by atoms with van der Waals surface area (Å²) in [6.45, 7) is 2.13. The Labute approximate surface area is 94.4 Å². The van der Waals surface area contributed by atoms with Crippen LogP contribution in [0, 0.1) is 0 Å². The van der Waals surface area contributed by atoms with Crippen LogP contribution < -0.4 is 5.73 Å². The van der Waals surface area contributed by atoms with E-state index in [1.807, 2.05) is 18.3 Å². The first kappa shape index (κ1) is 10.8. The molecule has 0 saturated carbocycles. The largest absolute Gasteiger partial charge is 0.384 e. The van der Waals surface area contributed by atoms with Gasteiger partial charge in [0.15, 0.2) is 0 Å². The number of hydrogen-bond donors (Lipinski definition) is 1. The van der Waals surface area contributed by atoms with Crippen LogP contribution in [0.4, 0.5) is 5.82 Å². The van der Waals surface area contributed by atoms with Crippen LogP contribution in [0.25, 0.3) is 0 Å². The Kier molecular flexibility index (Phi) is 3.49. The molecule has 15 heavy (non-hydrogen) atoms. The summed E-state index contributed by atoms with van der Waals surface area (Å²) in [5.74, 6) is 1.58. The molecule has 2 unspecified atom stereocenters. The number of thioether (sulfide) groups is 1. The van der Waals surface area contributed by atoms with Gasteiger partial charge in [0.05, 0.1) is 12.2 Å². The molecule has 1 saturated heterocycles. The molecule has 2 rings (SSSR count). The Morgan fingerprint density at radius 2 is 2.40 bits per heavy atom. The van der Waals surface area contributed by atoms with Crippen molar-refractivity contribution in [3.63, 3.8) is 0 Å². The average molecular weight is 224 g/mol. The first-order valence-corrected chi connectivity index (χ1v) is 6.22. The normalized spacial score (nSPS) is 25.7. The number of pyridine rings is 1. The first-order chi connectivity index (χ1) is 7.24. The van der Waals surface area contributed by atoms with Crippen LogP contribution in [0.5, 0.6) is 0 Å². The fourth-order valence-electron chi connectivity index (χ4n) is 1.67. The number of hydrogen-bond acceptors (Lipinski definition) is 4. The minimum Gasteiger partial charge on any atom is -0.384 e. The second kappa shape index (κ2) is 4.86. The smallest absolute Gasteiger partial charge is 0.123 e. The molecule has 1 aromatic heterocycles. The number of ether oxygens (including phenoxy) is 1. The van der Waals surface area contributed by atoms with Crippen LogP contribution in [-0.2, 0) is 4.74 Å². The van der Waals surface area contributed by atoms with Crippen molar-refractivity contribution >= 4 is 17.6 Å². The maximum Gasteiger partial charge on any atom is 0.123 e. The zero-order chi connectivity index (χ0) is 10.7. The third kappa shape index (κ3) is 3.11. The first-order valence-electron chi connectivity index (χ1n) is 5.24. The third-order valence-corrected chi connectivity index (χ3v) is 3.63. The summed E-state index contributed by atoms with van der Waals surface area (Å²) in [5, 5.41) is 0. The molecule has 0 radical (unpaired) electrons. The summed E-state index contributed by atoms with van der Waals surface area (Å²) in [6, 6.07) is 3.84. The van der Waals surface area contributed by atoms with Crippen molar-refractivity contribution in [2.45, 2.75) is 36.9 Å². The fraction of sp³-hybridized carbons (Fsp3) is 0.545. The van der Waals surface area contributed by atoms with E-state index in [1.54, 1.807) is 11.8 Å². The Hall–Kier alpha value is -0.740. The molecule has 2 atom stereocenters. The van der Waals surface area contributed by atoms with Gasteiger partial charge in [-0.15, -0.1) is 11.8 Å². The standard InChI is InChI=1S/C11H16N2OS/c1-8-2-3-9(14-8)7-15-10-4-5-11(12)13-6-10/h4-6,8-9H,2-3,7H2,1H3,(H2,12,13). The molecular formula is C11H16N2OS. The van der Waals surface area contributed by atoms with Crippen molar-refractivity contribution in [3.8, 4) is 0 Å². The monoisotopic (exact) mass is 224 g/mol. The van der Waals surface area contributed by atoms with E-state index in [2.05, 4.69) is 11.9 Å². The predicted molar refractivity (Wildman–Crippen MR) is 62.9 cm³/mol. The Bertz CT molecular complexity index is 315. The third-order valence-electron chi connectivity index (χ3n) is 2.52. The number of anilines is 1. The van der Waals surface area contributed by atoms with Gasteiger partial charge in [0.2, 0.25) is 0 Å². The minimum absolute atomic E-state index is 0.405. The van der Waals surface area contributed by atoms with Gasteiger partial charge in [-0.25, -0.2) is 4.98 Å². The lowest BCUT2D eigenvalue weighted by atomic mass is 10.2. The molecule has 82 valence electrons. The van der Waals surface area contributed by atoms with E-state index in [0.717, 1.165) is 10.6 Å². The van der Waals surface area contributed by atoms with Crippen molar-refractivity contribution in [3.05, 3.63) is 18.3 Å². The summed E-state index contributed by atoms with van der Waals surface area (Å²) < 4.78 is 5.74. The zero-order valence-corrected chi connectivity index (χ0v) is 9.67. The van der Waals surface area contributed by atoms with E-state index in [1.165, 1.54) is 12.8 Å². The maximum absolute atomic E-state index is 5.74. The van der Waals surface area contributed by atoms with E-state index in [4.69, 9.17) is 10.5 Å². The van der Waals surface area contributed by atoms with Gasteiger partial charge in [-0.2, -0.15) is 0 Å². The number of nitrogens with zero attached hydrogens (tertiary/aromatic N) is 1. The van der Waals surface area contributed by atoms with Crippen LogP contribution in [0.15, 0.2) is 23.2 Å². The molecule has 0 spiro atoms. The number of aromatic nitrogens is 1. The molecular weight excluding hydrogens is 208 g/mol. The van der Waals surface area contributed by atoms with Gasteiger partial charge in [0.25, 0.3) is 0 Å². The highest BCUT2D eigenvalue weighted by molar-refractivity contribution is 7.99. The van der Waals surface area contributed by atoms with Crippen LogP contribution in [0.2, 0.25) is 0 Å². The number of nitrogen functional groups attached to an aromatic ring is 1. The molecule has 4 heteroatoms.